The third kappa shape index (κ3) is 1.69. The fourth-order valence-corrected chi connectivity index (χ4v) is 0.887. The monoisotopic (exact) mass is 181 g/mol. The fourth-order valence-electron chi connectivity index (χ4n) is 0.887. The van der Waals surface area contributed by atoms with E-state index in [1.807, 2.05) is 0 Å². The van der Waals surface area contributed by atoms with E-state index in [0.29, 0.717) is 5.57 Å². The minimum atomic E-state index is -0.932. The largest absolute Gasteiger partial charge is 0.374 e. The van der Waals surface area contributed by atoms with Crippen LogP contribution < -0.4 is 16.8 Å². The molecule has 1 rings (SSSR count). The first-order chi connectivity index (χ1) is 5.96. The quantitative estimate of drug-likeness (QED) is 0.497. The second-order valence-corrected chi connectivity index (χ2v) is 3.01. The normalized spacial score (nSPS) is 26.1. The maximum absolute atomic E-state index is 10.9. The number of hydrogen-bond donors (Lipinski definition) is 3. The molecule has 1 atom stereocenters. The molecule has 0 radical (unpaired) electrons. The zero-order chi connectivity index (χ0) is 10.1. The summed E-state index contributed by atoms with van der Waals surface area (Å²) in [5, 5.41) is 2.70. The predicted octanol–water partition coefficient (Wildman–Crippen LogP) is -1.24. The summed E-state index contributed by atoms with van der Waals surface area (Å²) in [6, 6.07) is 0. The SMILES string of the molecule is CC1(C(N)=O)C=CC(C(N)=O)=CN1. The highest BCUT2D eigenvalue weighted by molar-refractivity contribution is 5.96. The Kier molecular flexibility index (Phi) is 2.10. The number of primary amides is 2. The molecule has 1 aliphatic heterocycles. The molecule has 5 N–H and O–H groups in total. The summed E-state index contributed by atoms with van der Waals surface area (Å²) in [4.78, 5) is 21.6. The molecule has 13 heavy (non-hydrogen) atoms. The van der Waals surface area contributed by atoms with Gasteiger partial charge in [-0.15, -0.1) is 0 Å². The van der Waals surface area contributed by atoms with E-state index in [-0.39, 0.29) is 0 Å². The standard InChI is InChI=1S/C8H11N3O2/c1-8(7(10)13)3-2-5(4-11-8)6(9)12/h2-4,11H,1H3,(H2,9,12)(H2,10,13). The second-order valence-electron chi connectivity index (χ2n) is 3.01. The van der Waals surface area contributed by atoms with Gasteiger partial charge in [-0.05, 0) is 19.1 Å². The Morgan fingerprint density at radius 2 is 2.08 bits per heavy atom. The lowest BCUT2D eigenvalue weighted by Gasteiger charge is -2.25. The number of amides is 2. The number of nitrogens with one attached hydrogen (secondary N) is 1. The van der Waals surface area contributed by atoms with Crippen molar-refractivity contribution in [1.29, 1.82) is 0 Å². The van der Waals surface area contributed by atoms with E-state index in [0.717, 1.165) is 0 Å². The summed E-state index contributed by atoms with van der Waals surface area (Å²) in [5.41, 5.74) is 9.53. The van der Waals surface area contributed by atoms with Crippen LogP contribution in [0.5, 0.6) is 0 Å². The van der Waals surface area contributed by atoms with Gasteiger partial charge >= 0.3 is 0 Å². The molecule has 0 bridgehead atoms. The summed E-state index contributed by atoms with van der Waals surface area (Å²) < 4.78 is 0. The molecule has 0 aromatic carbocycles. The van der Waals surface area contributed by atoms with Crippen LogP contribution in [0.25, 0.3) is 0 Å². The molecule has 5 nitrogen and oxygen atoms in total. The highest BCUT2D eigenvalue weighted by atomic mass is 16.2. The van der Waals surface area contributed by atoms with Crippen LogP contribution in [0.3, 0.4) is 0 Å². The van der Waals surface area contributed by atoms with Crippen molar-refractivity contribution in [1.82, 2.24) is 5.32 Å². The summed E-state index contributed by atoms with van der Waals surface area (Å²) in [7, 11) is 0. The zero-order valence-corrected chi connectivity index (χ0v) is 7.20. The highest BCUT2D eigenvalue weighted by Gasteiger charge is 2.28. The molecular formula is C8H11N3O2. The van der Waals surface area contributed by atoms with Crippen LogP contribution in [-0.4, -0.2) is 17.4 Å². The van der Waals surface area contributed by atoms with Gasteiger partial charge in [-0.2, -0.15) is 0 Å². The smallest absolute Gasteiger partial charge is 0.250 e. The molecule has 1 unspecified atom stereocenters. The lowest BCUT2D eigenvalue weighted by molar-refractivity contribution is -0.122. The van der Waals surface area contributed by atoms with Crippen LogP contribution in [0, 0.1) is 0 Å². The topological polar surface area (TPSA) is 98.2 Å². The summed E-state index contributed by atoms with van der Waals surface area (Å²) in [6.07, 6.45) is 4.37. The van der Waals surface area contributed by atoms with E-state index < -0.39 is 17.4 Å². The summed E-state index contributed by atoms with van der Waals surface area (Å²) in [5.74, 6) is -1.06. The number of hydrogen-bond acceptors (Lipinski definition) is 3. The van der Waals surface area contributed by atoms with Crippen molar-refractivity contribution in [3.8, 4) is 0 Å². The van der Waals surface area contributed by atoms with Gasteiger partial charge in [0.25, 0.3) is 0 Å². The van der Waals surface area contributed by atoms with Gasteiger partial charge in [0.15, 0.2) is 0 Å². The molecule has 1 aliphatic rings. The minimum Gasteiger partial charge on any atom is -0.374 e. The first-order valence-corrected chi connectivity index (χ1v) is 3.72. The van der Waals surface area contributed by atoms with Crippen LogP contribution in [0.15, 0.2) is 23.9 Å². The Bertz CT molecular complexity index is 319. The minimum absolute atomic E-state index is 0.318. The van der Waals surface area contributed by atoms with Gasteiger partial charge in [-0.3, -0.25) is 9.59 Å². The van der Waals surface area contributed by atoms with Crippen molar-refractivity contribution in [2.75, 3.05) is 0 Å². The molecule has 0 saturated carbocycles. The van der Waals surface area contributed by atoms with Gasteiger partial charge in [0, 0.05) is 6.20 Å². The van der Waals surface area contributed by atoms with Gasteiger partial charge in [0.2, 0.25) is 11.8 Å². The lowest BCUT2D eigenvalue weighted by Crippen LogP contribution is -2.50. The Hall–Kier alpha value is -1.78. The van der Waals surface area contributed by atoms with E-state index in [4.69, 9.17) is 11.5 Å². The van der Waals surface area contributed by atoms with E-state index in [9.17, 15) is 9.59 Å². The molecule has 0 saturated heterocycles. The van der Waals surface area contributed by atoms with Crippen LogP contribution in [0.1, 0.15) is 6.92 Å². The van der Waals surface area contributed by atoms with E-state index in [2.05, 4.69) is 5.32 Å². The molecular weight excluding hydrogens is 170 g/mol. The maximum Gasteiger partial charge on any atom is 0.250 e. The van der Waals surface area contributed by atoms with E-state index in [1.54, 1.807) is 6.92 Å². The van der Waals surface area contributed by atoms with Crippen molar-refractivity contribution in [3.05, 3.63) is 23.9 Å². The predicted molar refractivity (Wildman–Crippen MR) is 47.2 cm³/mol. The van der Waals surface area contributed by atoms with Gasteiger partial charge in [-0.1, -0.05) is 0 Å². The number of dihydropyridines is 1. The third-order valence-electron chi connectivity index (χ3n) is 1.92. The van der Waals surface area contributed by atoms with Crippen LogP contribution in [0.4, 0.5) is 0 Å². The molecule has 0 spiro atoms. The summed E-state index contributed by atoms with van der Waals surface area (Å²) >= 11 is 0. The van der Waals surface area contributed by atoms with E-state index in [1.165, 1.54) is 18.4 Å². The lowest BCUT2D eigenvalue weighted by atomic mass is 9.97. The first-order valence-electron chi connectivity index (χ1n) is 3.72. The highest BCUT2D eigenvalue weighted by Crippen LogP contribution is 2.12. The summed E-state index contributed by atoms with van der Waals surface area (Å²) in [6.45, 7) is 1.61. The number of carbonyl (C=O) groups excluding carboxylic acids is 2. The molecule has 5 heteroatoms. The van der Waals surface area contributed by atoms with Gasteiger partial charge < -0.3 is 16.8 Å². The molecule has 0 fully saturated rings. The van der Waals surface area contributed by atoms with Crippen molar-refractivity contribution >= 4 is 11.8 Å². The average Bonchev–Trinajstić information content (AvgIpc) is 2.04. The Balaban J connectivity index is 2.85. The Labute approximate surface area is 75.5 Å². The van der Waals surface area contributed by atoms with Gasteiger partial charge in [0.1, 0.15) is 5.54 Å². The molecule has 0 aromatic heterocycles. The van der Waals surface area contributed by atoms with Crippen LogP contribution in [0.2, 0.25) is 0 Å². The van der Waals surface area contributed by atoms with Crippen molar-refractivity contribution in [2.24, 2.45) is 11.5 Å². The molecule has 2 amide bonds. The maximum atomic E-state index is 10.9. The van der Waals surface area contributed by atoms with Crippen molar-refractivity contribution in [2.45, 2.75) is 12.5 Å². The van der Waals surface area contributed by atoms with Gasteiger partial charge in [-0.25, -0.2) is 0 Å². The van der Waals surface area contributed by atoms with Crippen molar-refractivity contribution < 1.29 is 9.59 Å². The Morgan fingerprint density at radius 1 is 1.46 bits per heavy atom. The first kappa shape index (κ1) is 9.31. The zero-order valence-electron chi connectivity index (χ0n) is 7.20. The Morgan fingerprint density at radius 3 is 2.38 bits per heavy atom. The van der Waals surface area contributed by atoms with Crippen LogP contribution in [-0.2, 0) is 9.59 Å². The number of rotatable bonds is 2. The van der Waals surface area contributed by atoms with Gasteiger partial charge in [0.05, 0.1) is 5.57 Å². The average molecular weight is 181 g/mol. The second kappa shape index (κ2) is 2.93. The van der Waals surface area contributed by atoms with Crippen molar-refractivity contribution in [3.63, 3.8) is 0 Å². The molecule has 0 aliphatic carbocycles. The number of carbonyl (C=O) groups is 2. The van der Waals surface area contributed by atoms with E-state index >= 15 is 0 Å². The number of nitrogens with two attached hydrogens (primary N) is 2. The molecule has 0 aromatic rings. The molecule has 1 heterocycles. The van der Waals surface area contributed by atoms with Crippen LogP contribution >= 0.6 is 0 Å². The third-order valence-corrected chi connectivity index (χ3v) is 1.92. The molecule has 70 valence electrons. The fraction of sp³-hybridized carbons (Fsp3) is 0.250.